The molecule has 1 aliphatic rings. The van der Waals surface area contributed by atoms with Gasteiger partial charge in [0.15, 0.2) is 0 Å². The Morgan fingerprint density at radius 2 is 1.84 bits per heavy atom. The number of amides is 1. The summed E-state index contributed by atoms with van der Waals surface area (Å²) in [5.41, 5.74) is 8.75. The SMILES string of the molecule is COc1c(C)cc(N(C)C(=O)C2CC(N)C2)cc1C. The number of hydrogen-bond acceptors (Lipinski definition) is 3. The molecule has 4 heteroatoms. The fraction of sp³-hybridized carbons (Fsp3) is 0.533. The molecule has 1 fully saturated rings. The monoisotopic (exact) mass is 262 g/mol. The highest BCUT2D eigenvalue weighted by Gasteiger charge is 2.34. The van der Waals surface area contributed by atoms with E-state index >= 15 is 0 Å². The molecule has 0 heterocycles. The van der Waals surface area contributed by atoms with Gasteiger partial charge in [-0.3, -0.25) is 4.79 Å². The highest BCUT2D eigenvalue weighted by atomic mass is 16.5. The quantitative estimate of drug-likeness (QED) is 0.906. The maximum absolute atomic E-state index is 12.3. The van der Waals surface area contributed by atoms with Crippen LogP contribution in [-0.2, 0) is 4.79 Å². The largest absolute Gasteiger partial charge is 0.496 e. The third-order valence-corrected chi connectivity index (χ3v) is 3.89. The van der Waals surface area contributed by atoms with Crippen LogP contribution in [0.1, 0.15) is 24.0 Å². The molecule has 1 aromatic rings. The van der Waals surface area contributed by atoms with E-state index in [1.165, 1.54) is 0 Å². The van der Waals surface area contributed by atoms with Crippen LogP contribution < -0.4 is 15.4 Å². The molecule has 1 aliphatic carbocycles. The molecule has 1 amide bonds. The van der Waals surface area contributed by atoms with Crippen molar-refractivity contribution in [3.8, 4) is 5.75 Å². The molecule has 0 saturated heterocycles. The van der Waals surface area contributed by atoms with Crippen LogP contribution in [0.5, 0.6) is 5.75 Å². The van der Waals surface area contributed by atoms with Crippen molar-refractivity contribution in [2.75, 3.05) is 19.1 Å². The summed E-state index contributed by atoms with van der Waals surface area (Å²) in [6, 6.07) is 4.17. The molecule has 0 unspecified atom stereocenters. The van der Waals surface area contributed by atoms with Crippen molar-refractivity contribution in [3.63, 3.8) is 0 Å². The van der Waals surface area contributed by atoms with E-state index in [1.807, 2.05) is 33.0 Å². The average Bonchev–Trinajstić information content (AvgIpc) is 2.33. The van der Waals surface area contributed by atoms with Crippen molar-refractivity contribution >= 4 is 11.6 Å². The number of carbonyl (C=O) groups excluding carboxylic acids is 1. The standard InChI is InChI=1S/C15H22N2O2/c1-9-5-13(6-10(2)14(9)19-4)17(3)15(18)11-7-12(16)8-11/h5-6,11-12H,7-8,16H2,1-4H3. The minimum Gasteiger partial charge on any atom is -0.496 e. The minimum atomic E-state index is 0.0858. The zero-order chi connectivity index (χ0) is 14.2. The smallest absolute Gasteiger partial charge is 0.229 e. The summed E-state index contributed by atoms with van der Waals surface area (Å²) >= 11 is 0. The number of rotatable bonds is 3. The van der Waals surface area contributed by atoms with Gasteiger partial charge in [0.25, 0.3) is 0 Å². The fourth-order valence-electron chi connectivity index (χ4n) is 2.71. The van der Waals surface area contributed by atoms with E-state index < -0.39 is 0 Å². The van der Waals surface area contributed by atoms with Crippen LogP contribution in [0.2, 0.25) is 0 Å². The van der Waals surface area contributed by atoms with E-state index in [4.69, 9.17) is 10.5 Å². The lowest BCUT2D eigenvalue weighted by molar-refractivity contribution is -0.124. The molecule has 1 aromatic carbocycles. The normalized spacial score (nSPS) is 21.7. The maximum atomic E-state index is 12.3. The molecule has 0 radical (unpaired) electrons. The zero-order valence-electron chi connectivity index (χ0n) is 12.1. The number of hydrogen-bond donors (Lipinski definition) is 1. The number of ether oxygens (including phenoxy) is 1. The Morgan fingerprint density at radius 1 is 1.32 bits per heavy atom. The predicted octanol–water partition coefficient (Wildman–Crippen LogP) is 2.01. The summed E-state index contributed by atoms with van der Waals surface area (Å²) in [6.07, 6.45) is 1.61. The van der Waals surface area contributed by atoms with Gasteiger partial charge in [-0.05, 0) is 49.9 Å². The number of carbonyl (C=O) groups is 1. The summed E-state index contributed by atoms with van der Waals surface area (Å²) in [6.45, 7) is 3.99. The second kappa shape index (κ2) is 5.21. The fourth-order valence-corrected chi connectivity index (χ4v) is 2.71. The maximum Gasteiger partial charge on any atom is 0.229 e. The third kappa shape index (κ3) is 2.59. The van der Waals surface area contributed by atoms with E-state index in [0.717, 1.165) is 35.4 Å². The van der Waals surface area contributed by atoms with Crippen molar-refractivity contribution in [2.24, 2.45) is 11.7 Å². The lowest BCUT2D eigenvalue weighted by Gasteiger charge is -2.34. The second-order valence-corrected chi connectivity index (χ2v) is 5.44. The van der Waals surface area contributed by atoms with Gasteiger partial charge in [0, 0.05) is 24.7 Å². The Kier molecular flexibility index (Phi) is 3.80. The molecular formula is C15H22N2O2. The van der Waals surface area contributed by atoms with E-state index in [-0.39, 0.29) is 17.9 Å². The second-order valence-electron chi connectivity index (χ2n) is 5.44. The zero-order valence-corrected chi connectivity index (χ0v) is 12.1. The Morgan fingerprint density at radius 3 is 2.26 bits per heavy atom. The highest BCUT2D eigenvalue weighted by molar-refractivity contribution is 5.95. The first-order valence-electron chi connectivity index (χ1n) is 6.62. The first kappa shape index (κ1) is 13.9. The van der Waals surface area contributed by atoms with Gasteiger partial charge >= 0.3 is 0 Å². The van der Waals surface area contributed by atoms with Crippen LogP contribution >= 0.6 is 0 Å². The van der Waals surface area contributed by atoms with Crippen molar-refractivity contribution in [1.29, 1.82) is 0 Å². The van der Waals surface area contributed by atoms with Gasteiger partial charge in [-0.2, -0.15) is 0 Å². The Labute approximate surface area is 114 Å². The lowest BCUT2D eigenvalue weighted by atomic mass is 9.80. The van der Waals surface area contributed by atoms with Crippen molar-refractivity contribution in [1.82, 2.24) is 0 Å². The highest BCUT2D eigenvalue weighted by Crippen LogP contribution is 2.32. The first-order chi connectivity index (χ1) is 8.93. The molecule has 0 spiro atoms. The van der Waals surface area contributed by atoms with Gasteiger partial charge in [0.1, 0.15) is 5.75 Å². The molecule has 0 atom stereocenters. The number of methoxy groups -OCH3 is 1. The predicted molar refractivity (Wildman–Crippen MR) is 76.6 cm³/mol. The van der Waals surface area contributed by atoms with Crippen LogP contribution in [0, 0.1) is 19.8 Å². The topological polar surface area (TPSA) is 55.6 Å². The van der Waals surface area contributed by atoms with Crippen LogP contribution in [0.4, 0.5) is 5.69 Å². The molecule has 4 nitrogen and oxygen atoms in total. The Bertz CT molecular complexity index is 470. The lowest BCUT2D eigenvalue weighted by Crippen LogP contribution is -2.45. The summed E-state index contributed by atoms with van der Waals surface area (Å²) < 4.78 is 5.34. The Hall–Kier alpha value is -1.55. The minimum absolute atomic E-state index is 0.0858. The van der Waals surface area contributed by atoms with Crippen molar-refractivity contribution in [2.45, 2.75) is 32.7 Å². The van der Waals surface area contributed by atoms with E-state index in [0.29, 0.717) is 0 Å². The molecular weight excluding hydrogens is 240 g/mol. The molecule has 1 saturated carbocycles. The molecule has 0 aromatic heterocycles. The summed E-state index contributed by atoms with van der Waals surface area (Å²) in [5.74, 6) is 1.13. The van der Waals surface area contributed by atoms with E-state index in [9.17, 15) is 4.79 Å². The molecule has 0 bridgehead atoms. The van der Waals surface area contributed by atoms with Gasteiger partial charge in [-0.15, -0.1) is 0 Å². The summed E-state index contributed by atoms with van der Waals surface area (Å²) in [5, 5.41) is 0. The number of nitrogens with zero attached hydrogens (tertiary/aromatic N) is 1. The van der Waals surface area contributed by atoms with Gasteiger partial charge in [0.05, 0.1) is 7.11 Å². The molecule has 104 valence electrons. The average molecular weight is 262 g/mol. The van der Waals surface area contributed by atoms with Crippen LogP contribution in [0.25, 0.3) is 0 Å². The van der Waals surface area contributed by atoms with Crippen LogP contribution in [-0.4, -0.2) is 26.1 Å². The third-order valence-electron chi connectivity index (χ3n) is 3.89. The van der Waals surface area contributed by atoms with Gasteiger partial charge < -0.3 is 15.4 Å². The summed E-state index contributed by atoms with van der Waals surface area (Å²) in [7, 11) is 3.49. The van der Waals surface area contributed by atoms with Gasteiger partial charge in [-0.25, -0.2) is 0 Å². The van der Waals surface area contributed by atoms with Gasteiger partial charge in [-0.1, -0.05) is 0 Å². The number of benzene rings is 1. The molecule has 2 rings (SSSR count). The molecule has 2 N–H and O–H groups in total. The first-order valence-corrected chi connectivity index (χ1v) is 6.62. The van der Waals surface area contributed by atoms with E-state index in [1.54, 1.807) is 12.0 Å². The van der Waals surface area contributed by atoms with Crippen molar-refractivity contribution in [3.05, 3.63) is 23.3 Å². The number of nitrogens with two attached hydrogens (primary N) is 1. The number of aryl methyl sites for hydroxylation is 2. The van der Waals surface area contributed by atoms with Crippen LogP contribution in [0.3, 0.4) is 0 Å². The van der Waals surface area contributed by atoms with Crippen molar-refractivity contribution < 1.29 is 9.53 Å². The van der Waals surface area contributed by atoms with Gasteiger partial charge in [0.2, 0.25) is 5.91 Å². The Balaban J connectivity index is 2.19. The molecule has 19 heavy (non-hydrogen) atoms. The van der Waals surface area contributed by atoms with E-state index in [2.05, 4.69) is 0 Å². The number of anilines is 1. The summed E-state index contributed by atoms with van der Waals surface area (Å²) in [4.78, 5) is 14.0. The molecule has 0 aliphatic heterocycles. The van der Waals surface area contributed by atoms with Crippen LogP contribution in [0.15, 0.2) is 12.1 Å².